The molecule has 1 heteroatoms. The minimum atomic E-state index is 0.829. The van der Waals surface area contributed by atoms with Crippen molar-refractivity contribution >= 4 is 5.71 Å². The largest absolute Gasteiger partial charge is 0.305 e. The number of rotatable bonds is 0. The van der Waals surface area contributed by atoms with E-state index in [1.165, 1.54) is 37.7 Å². The maximum Gasteiger partial charge on any atom is 0.0316 e. The van der Waals surface area contributed by atoms with Crippen LogP contribution in [-0.2, 0) is 0 Å². The fourth-order valence-electron chi connectivity index (χ4n) is 2.93. The summed E-state index contributed by atoms with van der Waals surface area (Å²) in [6.07, 6.45) is 9.99. The molecule has 0 aromatic heterocycles. The fourth-order valence-corrected chi connectivity index (χ4v) is 2.93. The van der Waals surface area contributed by atoms with Gasteiger partial charge in [-0.25, -0.2) is 0 Å². The Bertz CT molecular complexity index is 240. The molecule has 2 aliphatic rings. The van der Waals surface area contributed by atoms with Crippen LogP contribution >= 0.6 is 0 Å². The Kier molecular flexibility index (Phi) is 2.52. The second-order valence-corrected chi connectivity index (χ2v) is 4.73. The lowest BCUT2D eigenvalue weighted by Gasteiger charge is -2.30. The quantitative estimate of drug-likeness (QED) is 0.585. The predicted molar refractivity (Wildman–Crippen MR) is 56.2 cm³/mol. The van der Waals surface area contributed by atoms with E-state index in [0.717, 1.165) is 24.0 Å². The van der Waals surface area contributed by atoms with Crippen molar-refractivity contribution in [2.24, 2.45) is 11.8 Å². The van der Waals surface area contributed by atoms with Crippen molar-refractivity contribution in [3.8, 4) is 0 Å². The van der Waals surface area contributed by atoms with Gasteiger partial charge < -0.3 is 5.41 Å². The lowest BCUT2D eigenvalue weighted by Crippen LogP contribution is -2.19. The molecule has 0 spiro atoms. The molecule has 13 heavy (non-hydrogen) atoms. The van der Waals surface area contributed by atoms with Crippen LogP contribution in [0.4, 0.5) is 0 Å². The molecule has 2 atom stereocenters. The zero-order valence-corrected chi connectivity index (χ0v) is 8.47. The van der Waals surface area contributed by atoms with Gasteiger partial charge in [0.05, 0.1) is 0 Å². The Labute approximate surface area is 80.7 Å². The first-order valence-corrected chi connectivity index (χ1v) is 5.50. The molecule has 1 nitrogen and oxygen atoms in total. The molecule has 0 aromatic rings. The van der Waals surface area contributed by atoms with Crippen LogP contribution in [-0.4, -0.2) is 5.71 Å². The minimum Gasteiger partial charge on any atom is -0.305 e. The lowest BCUT2D eigenvalue weighted by atomic mass is 9.76. The van der Waals surface area contributed by atoms with E-state index in [0.29, 0.717) is 0 Å². The molecule has 2 unspecified atom stereocenters. The van der Waals surface area contributed by atoms with Crippen LogP contribution in [0.25, 0.3) is 0 Å². The van der Waals surface area contributed by atoms with E-state index >= 15 is 0 Å². The zero-order valence-electron chi connectivity index (χ0n) is 8.47. The van der Waals surface area contributed by atoms with Crippen LogP contribution < -0.4 is 0 Å². The number of fused-ring (bicyclic) bond motifs is 1. The standard InChI is InChI=1S/C12H19N/c1-9-6-10-4-2-3-5-11(10)8-12(13)7-9/h7,10-11,13H,2-6,8H2,1H3. The number of hydrogen-bond acceptors (Lipinski definition) is 1. The number of allylic oxidation sites excluding steroid dienone is 2. The van der Waals surface area contributed by atoms with Gasteiger partial charge in [0.25, 0.3) is 0 Å². The molecular weight excluding hydrogens is 158 g/mol. The van der Waals surface area contributed by atoms with Crippen molar-refractivity contribution in [1.29, 1.82) is 5.41 Å². The SMILES string of the molecule is CC1=CC(=N)CC2CCCCC2C1. The van der Waals surface area contributed by atoms with Crippen LogP contribution in [0.1, 0.15) is 45.4 Å². The van der Waals surface area contributed by atoms with E-state index in [1.54, 1.807) is 0 Å². The summed E-state index contributed by atoms with van der Waals surface area (Å²) in [4.78, 5) is 0. The van der Waals surface area contributed by atoms with Gasteiger partial charge in [-0.05, 0) is 50.5 Å². The third-order valence-electron chi connectivity index (χ3n) is 3.55. The van der Waals surface area contributed by atoms with Crippen LogP contribution in [0.15, 0.2) is 11.6 Å². The van der Waals surface area contributed by atoms with Gasteiger partial charge in [0.15, 0.2) is 0 Å². The molecule has 2 rings (SSSR count). The van der Waals surface area contributed by atoms with Gasteiger partial charge >= 0.3 is 0 Å². The Hall–Kier alpha value is -0.590. The molecule has 72 valence electrons. The fraction of sp³-hybridized carbons (Fsp3) is 0.750. The van der Waals surface area contributed by atoms with Gasteiger partial charge in [-0.2, -0.15) is 0 Å². The first-order chi connectivity index (χ1) is 6.25. The highest BCUT2D eigenvalue weighted by atomic mass is 14.4. The van der Waals surface area contributed by atoms with Gasteiger partial charge in [0.1, 0.15) is 0 Å². The van der Waals surface area contributed by atoms with Crippen LogP contribution in [0.5, 0.6) is 0 Å². The molecule has 0 aliphatic heterocycles. The first kappa shape index (κ1) is 8.98. The average Bonchev–Trinajstić information content (AvgIpc) is 2.20. The third-order valence-corrected chi connectivity index (χ3v) is 3.55. The van der Waals surface area contributed by atoms with E-state index in [4.69, 9.17) is 5.41 Å². The van der Waals surface area contributed by atoms with Gasteiger partial charge in [0, 0.05) is 5.71 Å². The second kappa shape index (κ2) is 3.65. The molecule has 2 aliphatic carbocycles. The van der Waals surface area contributed by atoms with Crippen molar-refractivity contribution in [3.63, 3.8) is 0 Å². The molecule has 0 amide bonds. The van der Waals surface area contributed by atoms with Crippen molar-refractivity contribution in [2.45, 2.75) is 45.4 Å². The van der Waals surface area contributed by atoms with E-state index in [-0.39, 0.29) is 0 Å². The summed E-state index contributed by atoms with van der Waals surface area (Å²) in [5.41, 5.74) is 2.30. The van der Waals surface area contributed by atoms with E-state index in [2.05, 4.69) is 13.0 Å². The maximum absolute atomic E-state index is 7.81. The van der Waals surface area contributed by atoms with Gasteiger partial charge in [-0.15, -0.1) is 0 Å². The highest BCUT2D eigenvalue weighted by molar-refractivity contribution is 5.93. The number of nitrogens with one attached hydrogen (secondary N) is 1. The van der Waals surface area contributed by atoms with Crippen LogP contribution in [0.3, 0.4) is 0 Å². The van der Waals surface area contributed by atoms with Crippen LogP contribution in [0.2, 0.25) is 0 Å². The summed E-state index contributed by atoms with van der Waals surface area (Å²) in [6.45, 7) is 2.19. The molecule has 0 saturated heterocycles. The molecule has 0 heterocycles. The van der Waals surface area contributed by atoms with Crippen molar-refractivity contribution in [1.82, 2.24) is 0 Å². The summed E-state index contributed by atoms with van der Waals surface area (Å²) >= 11 is 0. The Morgan fingerprint density at radius 1 is 1.15 bits per heavy atom. The summed E-state index contributed by atoms with van der Waals surface area (Å²) < 4.78 is 0. The summed E-state index contributed by atoms with van der Waals surface area (Å²) in [7, 11) is 0. The molecule has 0 bridgehead atoms. The molecule has 0 radical (unpaired) electrons. The van der Waals surface area contributed by atoms with E-state index in [9.17, 15) is 0 Å². The lowest BCUT2D eigenvalue weighted by molar-refractivity contribution is 0.244. The van der Waals surface area contributed by atoms with Gasteiger partial charge in [0.2, 0.25) is 0 Å². The minimum absolute atomic E-state index is 0.829. The predicted octanol–water partition coefficient (Wildman–Crippen LogP) is 3.55. The molecule has 1 N–H and O–H groups in total. The van der Waals surface area contributed by atoms with E-state index < -0.39 is 0 Å². The maximum atomic E-state index is 7.81. The van der Waals surface area contributed by atoms with Crippen molar-refractivity contribution in [2.75, 3.05) is 0 Å². The second-order valence-electron chi connectivity index (χ2n) is 4.73. The topological polar surface area (TPSA) is 23.9 Å². The Balaban J connectivity index is 2.12. The van der Waals surface area contributed by atoms with Gasteiger partial charge in [-0.1, -0.05) is 18.4 Å². The van der Waals surface area contributed by atoms with E-state index in [1.807, 2.05) is 0 Å². The molecular formula is C12H19N. The highest BCUT2D eigenvalue weighted by Crippen LogP contribution is 2.38. The van der Waals surface area contributed by atoms with Gasteiger partial charge in [-0.3, -0.25) is 0 Å². The highest BCUT2D eigenvalue weighted by Gasteiger charge is 2.27. The molecule has 1 fully saturated rings. The first-order valence-electron chi connectivity index (χ1n) is 5.50. The average molecular weight is 177 g/mol. The molecule has 0 aromatic carbocycles. The monoisotopic (exact) mass is 177 g/mol. The summed E-state index contributed by atoms with van der Waals surface area (Å²) in [5, 5.41) is 7.81. The summed E-state index contributed by atoms with van der Waals surface area (Å²) in [6, 6.07) is 0. The summed E-state index contributed by atoms with van der Waals surface area (Å²) in [5.74, 6) is 1.72. The number of hydrogen-bond donors (Lipinski definition) is 1. The smallest absolute Gasteiger partial charge is 0.0316 e. The Morgan fingerprint density at radius 3 is 2.46 bits per heavy atom. The Morgan fingerprint density at radius 2 is 1.77 bits per heavy atom. The van der Waals surface area contributed by atoms with Crippen LogP contribution in [0, 0.1) is 17.2 Å². The van der Waals surface area contributed by atoms with Crippen molar-refractivity contribution in [3.05, 3.63) is 11.6 Å². The molecule has 1 saturated carbocycles. The third kappa shape index (κ3) is 2.01. The van der Waals surface area contributed by atoms with Crippen molar-refractivity contribution < 1.29 is 0 Å². The normalized spacial score (nSPS) is 34.8. The zero-order chi connectivity index (χ0) is 9.26.